The lowest BCUT2D eigenvalue weighted by Gasteiger charge is -2.28. The van der Waals surface area contributed by atoms with E-state index in [4.69, 9.17) is 10.6 Å². The number of rotatable bonds is 8. The number of aliphatic imine (C=N–C) groups is 1. The van der Waals surface area contributed by atoms with Gasteiger partial charge in [0.1, 0.15) is 0 Å². The second-order valence-electron chi connectivity index (χ2n) is 4.99. The summed E-state index contributed by atoms with van der Waals surface area (Å²) < 4.78 is 4.99. The van der Waals surface area contributed by atoms with Gasteiger partial charge in [-0.3, -0.25) is 5.43 Å². The smallest absolute Gasteiger partial charge is 0.208 e. The van der Waals surface area contributed by atoms with Gasteiger partial charge in [0, 0.05) is 26.7 Å². The van der Waals surface area contributed by atoms with E-state index >= 15 is 0 Å². The highest BCUT2D eigenvalue weighted by molar-refractivity contribution is 5.79. The average molecular weight is 259 g/mol. The van der Waals surface area contributed by atoms with Crippen LogP contribution in [0, 0.1) is 5.92 Å². The Balaban J connectivity index is 4.50. The number of likely N-dealkylation sites (N-methyl/N-ethyl adjacent to an activating group) is 1. The van der Waals surface area contributed by atoms with Gasteiger partial charge in [0.15, 0.2) is 0 Å². The summed E-state index contributed by atoms with van der Waals surface area (Å²) in [7, 11) is 5.79. The molecule has 0 aliphatic rings. The molecule has 0 heterocycles. The van der Waals surface area contributed by atoms with E-state index in [1.165, 1.54) is 0 Å². The minimum absolute atomic E-state index is 0.563. The predicted octanol–water partition coefficient (Wildman–Crippen LogP) is -0.0283. The van der Waals surface area contributed by atoms with Crippen molar-refractivity contribution < 1.29 is 4.74 Å². The van der Waals surface area contributed by atoms with Gasteiger partial charge in [0.2, 0.25) is 5.96 Å². The molecule has 0 saturated carbocycles. The molecular formula is C12H29N5O. The summed E-state index contributed by atoms with van der Waals surface area (Å²) in [5.74, 6) is 6.86. The van der Waals surface area contributed by atoms with Crippen molar-refractivity contribution in [3.8, 4) is 0 Å². The maximum absolute atomic E-state index is 5.56. The number of nitrogens with two attached hydrogens (primary N) is 1. The van der Waals surface area contributed by atoms with Crippen molar-refractivity contribution in [2.75, 3.05) is 54.0 Å². The first-order valence-electron chi connectivity index (χ1n) is 6.41. The van der Waals surface area contributed by atoms with Crippen LogP contribution in [0.3, 0.4) is 0 Å². The van der Waals surface area contributed by atoms with Gasteiger partial charge in [-0.25, -0.2) is 10.8 Å². The maximum atomic E-state index is 5.56. The van der Waals surface area contributed by atoms with E-state index in [0.29, 0.717) is 19.1 Å². The molecule has 0 bridgehead atoms. The zero-order valence-corrected chi connectivity index (χ0v) is 12.4. The number of ether oxygens (including phenoxy) is 1. The van der Waals surface area contributed by atoms with Crippen LogP contribution in [0.5, 0.6) is 0 Å². The maximum Gasteiger partial charge on any atom is 0.208 e. The summed E-state index contributed by atoms with van der Waals surface area (Å²) in [5, 5.41) is 0. The molecular weight excluding hydrogens is 230 g/mol. The molecule has 0 spiro atoms. The molecule has 0 unspecified atom stereocenters. The quantitative estimate of drug-likeness (QED) is 0.211. The van der Waals surface area contributed by atoms with Crippen molar-refractivity contribution in [3.63, 3.8) is 0 Å². The Kier molecular flexibility index (Phi) is 9.63. The summed E-state index contributed by atoms with van der Waals surface area (Å²) in [4.78, 5) is 8.76. The third kappa shape index (κ3) is 8.27. The first kappa shape index (κ1) is 17.2. The van der Waals surface area contributed by atoms with Crippen LogP contribution >= 0.6 is 0 Å². The molecule has 108 valence electrons. The Bertz CT molecular complexity index is 231. The lowest BCUT2D eigenvalue weighted by Crippen LogP contribution is -2.48. The summed E-state index contributed by atoms with van der Waals surface area (Å²) in [6.07, 6.45) is 0. The fourth-order valence-corrected chi connectivity index (χ4v) is 1.52. The van der Waals surface area contributed by atoms with E-state index in [2.05, 4.69) is 48.2 Å². The highest BCUT2D eigenvalue weighted by Crippen LogP contribution is 1.99. The number of hydrogen-bond acceptors (Lipinski definition) is 4. The van der Waals surface area contributed by atoms with Gasteiger partial charge in [-0.05, 0) is 20.0 Å². The molecule has 0 rings (SSSR count). The van der Waals surface area contributed by atoms with E-state index in [1.54, 1.807) is 7.11 Å². The van der Waals surface area contributed by atoms with Gasteiger partial charge in [0.25, 0.3) is 0 Å². The molecule has 0 aromatic rings. The average Bonchev–Trinajstić information content (AvgIpc) is 2.30. The lowest BCUT2D eigenvalue weighted by atomic mass is 10.2. The van der Waals surface area contributed by atoms with Crippen molar-refractivity contribution >= 4 is 5.96 Å². The molecule has 0 saturated heterocycles. The van der Waals surface area contributed by atoms with Crippen LogP contribution in [-0.2, 0) is 4.74 Å². The van der Waals surface area contributed by atoms with Gasteiger partial charge in [-0.1, -0.05) is 13.8 Å². The Labute approximate surface area is 111 Å². The third-order valence-corrected chi connectivity index (χ3v) is 2.39. The van der Waals surface area contributed by atoms with E-state index in [0.717, 1.165) is 25.6 Å². The first-order chi connectivity index (χ1) is 8.51. The molecule has 0 fully saturated rings. The summed E-state index contributed by atoms with van der Waals surface area (Å²) >= 11 is 0. The second kappa shape index (κ2) is 10.1. The molecule has 0 amide bonds. The molecule has 0 atom stereocenters. The molecule has 0 aromatic carbocycles. The molecule has 0 aliphatic heterocycles. The van der Waals surface area contributed by atoms with Crippen LogP contribution < -0.4 is 11.3 Å². The number of guanidine groups is 1. The van der Waals surface area contributed by atoms with Crippen LogP contribution in [0.25, 0.3) is 0 Å². The van der Waals surface area contributed by atoms with E-state index in [9.17, 15) is 0 Å². The summed E-state index contributed by atoms with van der Waals surface area (Å²) in [5.41, 5.74) is 2.69. The Morgan fingerprint density at radius 2 is 2.00 bits per heavy atom. The van der Waals surface area contributed by atoms with Crippen LogP contribution in [0.2, 0.25) is 0 Å². The highest BCUT2D eigenvalue weighted by Gasteiger charge is 2.12. The minimum atomic E-state index is 0.563. The van der Waals surface area contributed by atoms with Crippen molar-refractivity contribution in [3.05, 3.63) is 0 Å². The lowest BCUT2D eigenvalue weighted by molar-refractivity contribution is 0.207. The van der Waals surface area contributed by atoms with Crippen molar-refractivity contribution in [2.45, 2.75) is 13.8 Å². The van der Waals surface area contributed by atoms with E-state index in [1.807, 2.05) is 0 Å². The van der Waals surface area contributed by atoms with Crippen molar-refractivity contribution in [1.29, 1.82) is 0 Å². The zero-order valence-electron chi connectivity index (χ0n) is 12.4. The highest BCUT2D eigenvalue weighted by atomic mass is 16.5. The zero-order chi connectivity index (χ0) is 14.0. The number of nitrogens with zero attached hydrogens (tertiary/aromatic N) is 3. The topological polar surface area (TPSA) is 66.1 Å². The molecule has 6 nitrogen and oxygen atoms in total. The Morgan fingerprint density at radius 3 is 2.44 bits per heavy atom. The van der Waals surface area contributed by atoms with E-state index in [-0.39, 0.29) is 0 Å². The summed E-state index contributed by atoms with van der Waals surface area (Å²) in [6.45, 7) is 8.40. The van der Waals surface area contributed by atoms with Crippen LogP contribution in [0.1, 0.15) is 13.8 Å². The van der Waals surface area contributed by atoms with Gasteiger partial charge in [-0.15, -0.1) is 0 Å². The second-order valence-corrected chi connectivity index (χ2v) is 4.99. The Morgan fingerprint density at radius 1 is 1.33 bits per heavy atom. The predicted molar refractivity (Wildman–Crippen MR) is 76.5 cm³/mol. The minimum Gasteiger partial charge on any atom is -0.383 e. The van der Waals surface area contributed by atoms with Gasteiger partial charge in [-0.2, -0.15) is 0 Å². The molecule has 0 aromatic heterocycles. The number of nitrogens with one attached hydrogen (secondary N) is 1. The first-order valence-corrected chi connectivity index (χ1v) is 6.41. The van der Waals surface area contributed by atoms with E-state index < -0.39 is 0 Å². The largest absolute Gasteiger partial charge is 0.383 e. The van der Waals surface area contributed by atoms with Crippen LogP contribution in [0.4, 0.5) is 0 Å². The monoisotopic (exact) mass is 259 g/mol. The molecule has 6 heteroatoms. The van der Waals surface area contributed by atoms with Crippen LogP contribution in [-0.4, -0.2) is 69.8 Å². The third-order valence-electron chi connectivity index (χ3n) is 2.39. The number of hydrogen-bond donors (Lipinski definition) is 2. The standard InChI is InChI=1S/C12H29N5O/c1-11(2)10-17(8-7-16(3)4)12(15-13)14-6-9-18-5/h11H,6-10,13H2,1-5H3,(H,14,15). The molecule has 3 N–H and O–H groups in total. The van der Waals surface area contributed by atoms with Crippen LogP contribution in [0.15, 0.2) is 4.99 Å². The van der Waals surface area contributed by atoms with Crippen molar-refractivity contribution in [2.24, 2.45) is 16.8 Å². The fraction of sp³-hybridized carbons (Fsp3) is 0.917. The van der Waals surface area contributed by atoms with Gasteiger partial charge >= 0.3 is 0 Å². The molecule has 0 radical (unpaired) electrons. The van der Waals surface area contributed by atoms with Gasteiger partial charge < -0.3 is 14.5 Å². The normalized spacial score (nSPS) is 12.3. The SMILES string of the molecule is COCCN=C(NN)N(CCN(C)C)CC(C)C. The molecule has 0 aliphatic carbocycles. The number of methoxy groups -OCH3 is 1. The van der Waals surface area contributed by atoms with Crippen molar-refractivity contribution in [1.82, 2.24) is 15.2 Å². The fourth-order valence-electron chi connectivity index (χ4n) is 1.52. The number of hydrazine groups is 1. The molecule has 18 heavy (non-hydrogen) atoms. The summed E-state index contributed by atoms with van der Waals surface area (Å²) in [6, 6.07) is 0. The van der Waals surface area contributed by atoms with Gasteiger partial charge in [0.05, 0.1) is 13.2 Å². The Hall–Kier alpha value is -0.850.